The molecule has 0 N–H and O–H groups in total. The standard InChI is InChI=1S/C33H34P2.2ClH.Pt/c1-5-13-26(14-6-1)30-21-22-31(27-15-7-2-8-16-27)34(30)25-35-32(28-17-9-3-10-18-28)23-24-33(35)29-19-11-4-12-20-29;;;/h1-20,30-33H,21-25H2;2*1H;/q;;;+2. The zero-order valence-corrected chi connectivity index (χ0v) is 27.2. The summed E-state index contributed by atoms with van der Waals surface area (Å²) in [5.74, 6) is 1.51. The fraction of sp³-hybridized carbons (Fsp3) is 0.273. The Bertz CT molecular complexity index is 1040. The Morgan fingerprint density at radius 2 is 0.658 bits per heavy atom. The molecule has 4 aromatic carbocycles. The Balaban J connectivity index is 0.000000937. The maximum absolute atomic E-state index is 4.88. The molecule has 2 aliphatic rings. The molecule has 0 amide bonds. The molecule has 4 aromatic rings. The summed E-state index contributed by atoms with van der Waals surface area (Å²) in [5.41, 5.74) is 9.52. The smallest absolute Gasteiger partial charge is 0.0622 e. The molecule has 0 saturated carbocycles. The van der Waals surface area contributed by atoms with Crippen LogP contribution in [0.2, 0.25) is 0 Å². The van der Waals surface area contributed by atoms with E-state index in [2.05, 4.69) is 121 Å². The van der Waals surface area contributed by atoms with Crippen molar-refractivity contribution in [1.82, 2.24) is 0 Å². The summed E-state index contributed by atoms with van der Waals surface area (Å²) < 4.78 is 0. The average molecular weight is 761 g/mol. The largest absolute Gasteiger partial charge is 0.157 e. The molecule has 0 radical (unpaired) electrons. The first-order chi connectivity index (χ1) is 18.8. The van der Waals surface area contributed by atoms with Gasteiger partial charge in [-0.2, -0.15) is 0 Å². The Hall–Kier alpha value is -0.992. The van der Waals surface area contributed by atoms with Crippen LogP contribution in [0.25, 0.3) is 0 Å². The molecule has 0 aromatic heterocycles. The Morgan fingerprint density at radius 3 is 0.868 bits per heavy atom. The summed E-state index contributed by atoms with van der Waals surface area (Å²) in [7, 11) is 8.53. The van der Waals surface area contributed by atoms with Gasteiger partial charge < -0.3 is 0 Å². The van der Waals surface area contributed by atoms with Gasteiger partial charge in [0.05, 0.1) is 38.5 Å². The van der Waals surface area contributed by atoms with Gasteiger partial charge in [0.15, 0.2) is 5.90 Å². The van der Waals surface area contributed by atoms with Gasteiger partial charge in [0.2, 0.25) is 0 Å². The second-order valence-electron chi connectivity index (χ2n) is 10.4. The second kappa shape index (κ2) is 14.6. The number of benzene rings is 4. The van der Waals surface area contributed by atoms with Crippen LogP contribution >= 0.6 is 34.7 Å². The molecule has 4 unspecified atom stereocenters. The summed E-state index contributed by atoms with van der Waals surface area (Å²) in [6.45, 7) is 0. The van der Waals surface area contributed by atoms with Crippen LogP contribution in [0.5, 0.6) is 0 Å². The van der Waals surface area contributed by atoms with E-state index in [1.807, 2.05) is 0 Å². The molecule has 0 spiro atoms. The SMILES string of the molecule is [Cl][Pt][Cl].c1ccc(C2CCC(c3ccccc3)[PH+]2C[PH+]2C(c3ccccc3)CCC2c2ccccc2)cc1. The molecular formula is C33H36Cl2P2Pt+2. The number of halogens is 2. The van der Waals surface area contributed by atoms with Crippen LogP contribution in [0.4, 0.5) is 0 Å². The van der Waals surface area contributed by atoms with E-state index >= 15 is 0 Å². The van der Waals surface area contributed by atoms with E-state index in [-0.39, 0.29) is 0 Å². The van der Waals surface area contributed by atoms with E-state index in [1.165, 1.54) is 31.6 Å². The number of rotatable bonds is 6. The maximum Gasteiger partial charge on any atom is 0.157 e. The zero-order valence-electron chi connectivity index (χ0n) is 21.5. The van der Waals surface area contributed by atoms with Crippen molar-refractivity contribution in [2.24, 2.45) is 0 Å². The molecule has 38 heavy (non-hydrogen) atoms. The van der Waals surface area contributed by atoms with E-state index in [1.54, 1.807) is 22.3 Å². The Kier molecular flexibility index (Phi) is 11.0. The average Bonchev–Trinajstić information content (AvgIpc) is 3.60. The maximum atomic E-state index is 4.88. The van der Waals surface area contributed by atoms with Crippen LogP contribution in [0.1, 0.15) is 70.6 Å². The molecule has 6 rings (SSSR count). The minimum Gasteiger partial charge on any atom is -0.0622 e. The minimum atomic E-state index is -0.610. The van der Waals surface area contributed by atoms with Crippen molar-refractivity contribution in [1.29, 1.82) is 0 Å². The minimum absolute atomic E-state index is 0.472. The van der Waals surface area contributed by atoms with Gasteiger partial charge in [0, 0.05) is 0 Å². The zero-order chi connectivity index (χ0) is 26.2. The molecule has 0 nitrogen and oxygen atoms in total. The summed E-state index contributed by atoms with van der Waals surface area (Å²) in [6.07, 6.45) is 5.44. The van der Waals surface area contributed by atoms with Crippen LogP contribution < -0.4 is 0 Å². The molecule has 0 bridgehead atoms. The van der Waals surface area contributed by atoms with E-state index in [9.17, 15) is 0 Å². The molecule has 200 valence electrons. The second-order valence-corrected chi connectivity index (χ2v) is 20.2. The quantitative estimate of drug-likeness (QED) is 0.172. The van der Waals surface area contributed by atoms with E-state index < -0.39 is 32.3 Å². The molecule has 2 aliphatic heterocycles. The van der Waals surface area contributed by atoms with Crippen molar-refractivity contribution in [2.75, 3.05) is 5.90 Å². The molecule has 4 atom stereocenters. The van der Waals surface area contributed by atoms with Crippen molar-refractivity contribution in [2.45, 2.75) is 48.3 Å². The van der Waals surface area contributed by atoms with Gasteiger partial charge >= 0.3 is 35.3 Å². The first-order valence-corrected chi connectivity index (χ1v) is 22.9. The molecule has 0 aliphatic carbocycles. The van der Waals surface area contributed by atoms with E-state index in [0.29, 0.717) is 0 Å². The van der Waals surface area contributed by atoms with Crippen molar-refractivity contribution in [3.8, 4) is 0 Å². The van der Waals surface area contributed by atoms with Crippen LogP contribution in [0, 0.1) is 0 Å². The topological polar surface area (TPSA) is 0 Å². The van der Waals surface area contributed by atoms with Crippen molar-refractivity contribution in [3.63, 3.8) is 0 Å². The van der Waals surface area contributed by atoms with Gasteiger partial charge in [-0.05, 0) is 47.9 Å². The summed E-state index contributed by atoms with van der Waals surface area (Å²) in [4.78, 5) is 0. The predicted molar refractivity (Wildman–Crippen MR) is 168 cm³/mol. The van der Waals surface area contributed by atoms with Gasteiger partial charge in [-0.1, -0.05) is 121 Å². The van der Waals surface area contributed by atoms with Crippen LogP contribution in [-0.4, -0.2) is 5.90 Å². The number of hydrogen-bond donors (Lipinski definition) is 0. The Morgan fingerprint density at radius 1 is 0.447 bits per heavy atom. The normalized spacial score (nSPS) is 26.6. The van der Waals surface area contributed by atoms with Gasteiger partial charge in [-0.15, -0.1) is 0 Å². The predicted octanol–water partition coefficient (Wildman–Crippen LogP) is 11.3. The molecule has 5 heteroatoms. The van der Waals surface area contributed by atoms with E-state index in [0.717, 1.165) is 22.6 Å². The van der Waals surface area contributed by atoms with Crippen molar-refractivity contribution in [3.05, 3.63) is 144 Å². The monoisotopic (exact) mass is 759 g/mol. The molecule has 2 fully saturated rings. The molecule has 2 saturated heterocycles. The van der Waals surface area contributed by atoms with Gasteiger partial charge in [0.1, 0.15) is 0 Å². The fourth-order valence-corrected chi connectivity index (χ4v) is 18.3. The van der Waals surface area contributed by atoms with E-state index in [4.69, 9.17) is 18.8 Å². The third-order valence-corrected chi connectivity index (χ3v) is 17.8. The molecule has 2 heterocycles. The molecular weight excluding hydrogens is 724 g/mol. The summed E-state index contributed by atoms with van der Waals surface area (Å²) in [6, 6.07) is 46.1. The third-order valence-electron chi connectivity index (χ3n) is 8.49. The van der Waals surface area contributed by atoms with Crippen LogP contribution in [0.15, 0.2) is 121 Å². The Labute approximate surface area is 247 Å². The fourth-order valence-electron chi connectivity index (χ4n) is 6.89. The van der Waals surface area contributed by atoms with Crippen molar-refractivity contribution >= 4 is 34.7 Å². The van der Waals surface area contributed by atoms with Crippen molar-refractivity contribution < 1.29 is 16.5 Å². The van der Waals surface area contributed by atoms with Gasteiger partial charge in [-0.3, -0.25) is 0 Å². The summed E-state index contributed by atoms with van der Waals surface area (Å²) >= 11 is -0.472. The van der Waals surface area contributed by atoms with Gasteiger partial charge in [0.25, 0.3) is 0 Å². The first-order valence-electron chi connectivity index (χ1n) is 13.5. The van der Waals surface area contributed by atoms with Crippen LogP contribution in [0.3, 0.4) is 0 Å². The summed E-state index contributed by atoms with van der Waals surface area (Å²) in [5, 5.41) is 0. The van der Waals surface area contributed by atoms with Crippen LogP contribution in [-0.2, 0) is 16.5 Å². The van der Waals surface area contributed by atoms with Gasteiger partial charge in [-0.25, -0.2) is 0 Å². The first kappa shape index (κ1) is 28.5. The number of hydrogen-bond acceptors (Lipinski definition) is 0. The third kappa shape index (κ3) is 6.83.